The van der Waals surface area contributed by atoms with Gasteiger partial charge < -0.3 is 15.5 Å². The van der Waals surface area contributed by atoms with E-state index in [4.69, 9.17) is 0 Å². The smallest absolute Gasteiger partial charge is 0.227 e. The molecule has 0 bridgehead atoms. The molecule has 2 N–H and O–H groups in total. The highest BCUT2D eigenvalue weighted by atomic mass is 127. The Morgan fingerprint density at radius 1 is 1.17 bits per heavy atom. The molecule has 142 valence electrons. The lowest BCUT2D eigenvalue weighted by molar-refractivity contribution is -0.128. The summed E-state index contributed by atoms with van der Waals surface area (Å²) < 4.78 is 0. The van der Waals surface area contributed by atoms with Crippen molar-refractivity contribution < 1.29 is 4.79 Å². The van der Waals surface area contributed by atoms with Gasteiger partial charge in [-0.25, -0.2) is 0 Å². The Balaban J connectivity index is 0.00000529. The van der Waals surface area contributed by atoms with Gasteiger partial charge in [0, 0.05) is 52.9 Å². The first-order valence-corrected chi connectivity index (χ1v) is 8.76. The van der Waals surface area contributed by atoms with E-state index in [0.29, 0.717) is 19.0 Å². The van der Waals surface area contributed by atoms with Crippen molar-refractivity contribution in [2.75, 3.05) is 52.9 Å². The molecule has 1 aliphatic heterocycles. The number of nitrogens with zero attached hydrogens (tertiary/aromatic N) is 3. The molecule has 7 heteroatoms. The minimum absolute atomic E-state index is 0. The Labute approximate surface area is 164 Å². The molecule has 0 atom stereocenters. The predicted molar refractivity (Wildman–Crippen MR) is 112 cm³/mol. The maximum atomic E-state index is 12.1. The average Bonchev–Trinajstić information content (AvgIpc) is 2.49. The predicted octanol–water partition coefficient (Wildman–Crippen LogP) is 1.62. The number of nitrogens with one attached hydrogen (secondary N) is 2. The van der Waals surface area contributed by atoms with Gasteiger partial charge in [0.25, 0.3) is 0 Å². The van der Waals surface area contributed by atoms with Crippen LogP contribution in [-0.4, -0.2) is 74.5 Å². The molecule has 0 radical (unpaired) electrons. The second-order valence-corrected chi connectivity index (χ2v) is 7.33. The van der Waals surface area contributed by atoms with Crippen LogP contribution in [0.3, 0.4) is 0 Å². The Morgan fingerprint density at radius 2 is 1.75 bits per heavy atom. The number of rotatable bonds is 6. The van der Waals surface area contributed by atoms with Crippen molar-refractivity contribution in [3.63, 3.8) is 0 Å². The molecule has 0 aromatic rings. The van der Waals surface area contributed by atoms with Crippen molar-refractivity contribution in [1.82, 2.24) is 20.4 Å². The van der Waals surface area contributed by atoms with Gasteiger partial charge >= 0.3 is 0 Å². The van der Waals surface area contributed by atoms with Crippen LogP contribution in [0.1, 0.15) is 34.6 Å². The van der Waals surface area contributed by atoms with Gasteiger partial charge in [-0.15, -0.1) is 24.0 Å². The van der Waals surface area contributed by atoms with Crippen molar-refractivity contribution in [3.05, 3.63) is 0 Å². The lowest BCUT2D eigenvalue weighted by Crippen LogP contribution is -2.55. The number of hydrogen-bond donors (Lipinski definition) is 2. The maximum Gasteiger partial charge on any atom is 0.227 e. The van der Waals surface area contributed by atoms with E-state index in [1.165, 1.54) is 0 Å². The number of halogens is 1. The quantitative estimate of drug-likeness (QED) is 0.365. The molecule has 1 saturated heterocycles. The molecule has 1 heterocycles. The highest BCUT2D eigenvalue weighted by Crippen LogP contribution is 2.14. The van der Waals surface area contributed by atoms with E-state index in [-0.39, 0.29) is 29.9 Å². The highest BCUT2D eigenvalue weighted by molar-refractivity contribution is 14.0. The van der Waals surface area contributed by atoms with E-state index in [2.05, 4.69) is 39.3 Å². The molecule has 1 rings (SSSR count). The molecule has 24 heavy (non-hydrogen) atoms. The molecule has 6 nitrogen and oxygen atoms in total. The molecule has 1 aliphatic rings. The largest absolute Gasteiger partial charge is 0.356 e. The normalized spacial score (nSPS) is 16.8. The Morgan fingerprint density at radius 3 is 2.21 bits per heavy atom. The Hall–Kier alpha value is -0.570. The lowest BCUT2D eigenvalue weighted by atomic mass is 9.92. The second-order valence-electron chi connectivity index (χ2n) is 7.33. The third-order valence-corrected chi connectivity index (χ3v) is 4.15. The van der Waals surface area contributed by atoms with E-state index in [1.54, 1.807) is 0 Å². The number of aliphatic imine (C=N–C) groups is 1. The summed E-state index contributed by atoms with van der Waals surface area (Å²) in [6.45, 7) is 16.9. The molecule has 0 saturated carbocycles. The highest BCUT2D eigenvalue weighted by Gasteiger charge is 2.28. The first-order chi connectivity index (χ1) is 10.8. The molecule has 0 aromatic carbocycles. The molecular formula is C17H36IN5O. The number of guanidine groups is 1. The summed E-state index contributed by atoms with van der Waals surface area (Å²) in [6, 6.07) is 0. The third-order valence-electron chi connectivity index (χ3n) is 4.15. The van der Waals surface area contributed by atoms with Crippen LogP contribution >= 0.6 is 24.0 Å². The van der Waals surface area contributed by atoms with Crippen molar-refractivity contribution in [3.8, 4) is 0 Å². The molecule has 1 amide bonds. The van der Waals surface area contributed by atoms with Gasteiger partial charge in [-0.1, -0.05) is 13.8 Å². The van der Waals surface area contributed by atoms with Gasteiger partial charge in [-0.2, -0.15) is 0 Å². The second kappa shape index (κ2) is 11.1. The molecule has 0 unspecified atom stereocenters. The summed E-state index contributed by atoms with van der Waals surface area (Å²) in [6.07, 6.45) is 0. The fraction of sp³-hybridized carbons (Fsp3) is 0.882. The van der Waals surface area contributed by atoms with E-state index >= 15 is 0 Å². The number of hydrogen-bond acceptors (Lipinski definition) is 3. The Bertz CT molecular complexity index is 404. The summed E-state index contributed by atoms with van der Waals surface area (Å²) >= 11 is 0. The van der Waals surface area contributed by atoms with Gasteiger partial charge in [0.15, 0.2) is 5.96 Å². The zero-order valence-electron chi connectivity index (χ0n) is 16.2. The van der Waals surface area contributed by atoms with Crippen LogP contribution in [0.15, 0.2) is 4.99 Å². The van der Waals surface area contributed by atoms with Crippen LogP contribution in [-0.2, 0) is 4.79 Å². The van der Waals surface area contributed by atoms with E-state index in [9.17, 15) is 4.79 Å². The molecular weight excluding hydrogens is 417 g/mol. The number of carbonyl (C=O) groups excluding carboxylic acids is 1. The first-order valence-electron chi connectivity index (χ1n) is 8.76. The number of piperazine rings is 1. The van der Waals surface area contributed by atoms with Crippen LogP contribution in [0.2, 0.25) is 0 Å². The van der Waals surface area contributed by atoms with E-state index < -0.39 is 5.41 Å². The number of carbonyl (C=O) groups is 1. The Kier molecular flexibility index (Phi) is 10.9. The summed E-state index contributed by atoms with van der Waals surface area (Å²) in [4.78, 5) is 21.3. The lowest BCUT2D eigenvalue weighted by Gasteiger charge is -2.37. The van der Waals surface area contributed by atoms with Crippen LogP contribution in [0.25, 0.3) is 0 Å². The van der Waals surface area contributed by atoms with Gasteiger partial charge in [0.1, 0.15) is 0 Å². The van der Waals surface area contributed by atoms with Crippen molar-refractivity contribution in [1.29, 1.82) is 0 Å². The van der Waals surface area contributed by atoms with Crippen LogP contribution in [0, 0.1) is 11.3 Å². The molecule has 0 aromatic heterocycles. The number of amides is 1. The molecule has 0 aliphatic carbocycles. The molecule has 1 fully saturated rings. The monoisotopic (exact) mass is 453 g/mol. The van der Waals surface area contributed by atoms with E-state index in [1.807, 2.05) is 27.8 Å². The minimum atomic E-state index is -0.453. The summed E-state index contributed by atoms with van der Waals surface area (Å²) in [7, 11) is 1.81. The van der Waals surface area contributed by atoms with Crippen LogP contribution < -0.4 is 10.6 Å². The van der Waals surface area contributed by atoms with Crippen molar-refractivity contribution in [2.24, 2.45) is 16.3 Å². The van der Waals surface area contributed by atoms with Gasteiger partial charge in [0.2, 0.25) is 5.91 Å². The zero-order chi connectivity index (χ0) is 17.5. The fourth-order valence-electron chi connectivity index (χ4n) is 2.77. The summed E-state index contributed by atoms with van der Waals surface area (Å²) in [5.74, 6) is 1.67. The topological polar surface area (TPSA) is 60.0 Å². The van der Waals surface area contributed by atoms with E-state index in [0.717, 1.165) is 38.7 Å². The molecule has 0 spiro atoms. The van der Waals surface area contributed by atoms with Crippen molar-refractivity contribution in [2.45, 2.75) is 34.6 Å². The standard InChI is InChI=1S/C17H35N5O.HI/c1-7-19-15(23)17(4,5)13-20-16(18-6)22-10-8-21(9-11-22)12-14(2)3;/h14H,7-13H2,1-6H3,(H,18,20)(H,19,23);1H. The van der Waals surface area contributed by atoms with Crippen LogP contribution in [0.5, 0.6) is 0 Å². The SMILES string of the molecule is CCNC(=O)C(C)(C)CNC(=NC)N1CCN(CC(C)C)CC1.I. The first kappa shape index (κ1) is 23.4. The average molecular weight is 453 g/mol. The minimum Gasteiger partial charge on any atom is -0.356 e. The van der Waals surface area contributed by atoms with Gasteiger partial charge in [-0.05, 0) is 26.7 Å². The third kappa shape index (κ3) is 7.55. The zero-order valence-corrected chi connectivity index (χ0v) is 18.5. The fourth-order valence-corrected chi connectivity index (χ4v) is 2.77. The maximum absolute atomic E-state index is 12.1. The van der Waals surface area contributed by atoms with Crippen LogP contribution in [0.4, 0.5) is 0 Å². The van der Waals surface area contributed by atoms with Crippen molar-refractivity contribution >= 4 is 35.8 Å². The summed E-state index contributed by atoms with van der Waals surface area (Å²) in [5.41, 5.74) is -0.453. The summed E-state index contributed by atoms with van der Waals surface area (Å²) in [5, 5.41) is 6.26. The van der Waals surface area contributed by atoms with Gasteiger partial charge in [0.05, 0.1) is 5.41 Å². The van der Waals surface area contributed by atoms with Gasteiger partial charge in [-0.3, -0.25) is 14.7 Å².